The highest BCUT2D eigenvalue weighted by Crippen LogP contribution is 2.32. The normalized spacial score (nSPS) is 22.6. The average Bonchev–Trinajstić information content (AvgIpc) is 3.34. The Balaban J connectivity index is 1.59. The quantitative estimate of drug-likeness (QED) is 0.395. The highest BCUT2D eigenvalue weighted by Gasteiger charge is 2.46. The van der Waals surface area contributed by atoms with Crippen LogP contribution in [-0.2, 0) is 16.1 Å². The first-order valence-corrected chi connectivity index (χ1v) is 10.8. The van der Waals surface area contributed by atoms with E-state index >= 15 is 0 Å². The molecular formula is C21H26ClN7O4. The molecule has 1 saturated heterocycles. The third-order valence-corrected chi connectivity index (χ3v) is 5.53. The third kappa shape index (κ3) is 4.58. The zero-order chi connectivity index (χ0) is 23.7. The van der Waals surface area contributed by atoms with Gasteiger partial charge in [0.25, 0.3) is 5.91 Å². The maximum Gasteiger partial charge on any atom is 0.250 e. The van der Waals surface area contributed by atoms with Crippen LogP contribution in [0.25, 0.3) is 11.2 Å². The molecule has 1 aliphatic rings. The molecule has 1 aliphatic heterocycles. The van der Waals surface area contributed by atoms with Crippen molar-refractivity contribution >= 4 is 34.5 Å². The number of nitrogens with two attached hydrogens (primary N) is 1. The number of carbonyl (C=O) groups excluding carboxylic acids is 1. The first kappa shape index (κ1) is 23.2. The topological polar surface area (TPSA) is 149 Å². The molecule has 1 aromatic carbocycles. The predicted molar refractivity (Wildman–Crippen MR) is 122 cm³/mol. The van der Waals surface area contributed by atoms with Gasteiger partial charge in [0.15, 0.2) is 29.3 Å². The second-order valence-corrected chi connectivity index (χ2v) is 8.38. The van der Waals surface area contributed by atoms with Crippen molar-refractivity contribution in [3.05, 3.63) is 41.4 Å². The number of hydrogen-bond donors (Lipinski definition) is 4. The van der Waals surface area contributed by atoms with Crippen molar-refractivity contribution in [2.75, 3.05) is 12.4 Å². The minimum Gasteiger partial charge on any atom is -0.491 e. The van der Waals surface area contributed by atoms with Crippen molar-refractivity contribution in [2.45, 2.75) is 51.0 Å². The SMILES string of the molecule is CNC(=O)C1OC(n2cnc3c(NCc4cc(Cl)ccc4OC(C)C)ncnc32)C(O)C1N. The van der Waals surface area contributed by atoms with E-state index < -0.39 is 30.4 Å². The molecule has 3 aromatic rings. The second kappa shape index (κ2) is 9.48. The molecule has 1 amide bonds. The van der Waals surface area contributed by atoms with Crippen molar-refractivity contribution < 1.29 is 19.4 Å². The summed E-state index contributed by atoms with van der Waals surface area (Å²) in [6.07, 6.45) is -0.177. The number of amides is 1. The van der Waals surface area contributed by atoms with Crippen LogP contribution in [-0.4, -0.2) is 61.9 Å². The summed E-state index contributed by atoms with van der Waals surface area (Å²) in [5.41, 5.74) is 7.76. The first-order valence-electron chi connectivity index (χ1n) is 10.5. The van der Waals surface area contributed by atoms with Crippen molar-refractivity contribution in [3.8, 4) is 5.75 Å². The second-order valence-electron chi connectivity index (χ2n) is 7.95. The fourth-order valence-corrected chi connectivity index (χ4v) is 3.90. The van der Waals surface area contributed by atoms with Crippen molar-refractivity contribution in [1.82, 2.24) is 24.8 Å². The highest BCUT2D eigenvalue weighted by atomic mass is 35.5. The van der Waals surface area contributed by atoms with Crippen LogP contribution in [0.15, 0.2) is 30.9 Å². The minimum atomic E-state index is -1.13. The number of aromatic nitrogens is 4. The lowest BCUT2D eigenvalue weighted by atomic mass is 10.1. The van der Waals surface area contributed by atoms with Gasteiger partial charge < -0.3 is 30.9 Å². The molecule has 0 bridgehead atoms. The molecule has 4 rings (SSSR count). The first-order chi connectivity index (χ1) is 15.8. The number of imidazole rings is 1. The minimum absolute atomic E-state index is 0.00853. The summed E-state index contributed by atoms with van der Waals surface area (Å²) >= 11 is 6.18. The molecule has 5 N–H and O–H groups in total. The number of aliphatic hydroxyl groups is 1. The van der Waals surface area contributed by atoms with Crippen molar-refractivity contribution in [3.63, 3.8) is 0 Å². The summed E-state index contributed by atoms with van der Waals surface area (Å²) in [5, 5.41) is 16.9. The number of nitrogens with zero attached hydrogens (tertiary/aromatic N) is 4. The van der Waals surface area contributed by atoms with E-state index in [9.17, 15) is 9.90 Å². The van der Waals surface area contributed by atoms with Crippen molar-refractivity contribution in [2.24, 2.45) is 5.73 Å². The molecule has 1 fully saturated rings. The Hall–Kier alpha value is -2.99. The Kier molecular flexibility index (Phi) is 6.66. The van der Waals surface area contributed by atoms with E-state index in [1.54, 1.807) is 10.6 Å². The van der Waals surface area contributed by atoms with E-state index in [4.69, 9.17) is 26.8 Å². The van der Waals surface area contributed by atoms with Crippen LogP contribution in [0.2, 0.25) is 5.02 Å². The number of fused-ring (bicyclic) bond motifs is 1. The summed E-state index contributed by atoms with van der Waals surface area (Å²) < 4.78 is 13.2. The molecule has 0 radical (unpaired) electrons. The molecule has 3 heterocycles. The average molecular weight is 476 g/mol. The number of rotatable bonds is 7. The third-order valence-electron chi connectivity index (χ3n) is 5.29. The van der Waals surface area contributed by atoms with E-state index in [2.05, 4.69) is 25.6 Å². The number of likely N-dealkylation sites (N-methyl/N-ethyl adjacent to an activating group) is 1. The van der Waals surface area contributed by atoms with Gasteiger partial charge in [-0.25, -0.2) is 15.0 Å². The standard InChI is InChI=1S/C21H26ClN7O4/c1-10(2)32-13-5-4-12(22)6-11(13)7-25-18-15-19(27-8-26-18)29(9-28-15)21-16(30)14(23)17(33-21)20(31)24-3/h4-6,8-10,14,16-17,21,30H,7,23H2,1-3H3,(H,24,31)(H,25,26,27). The predicted octanol–water partition coefficient (Wildman–Crippen LogP) is 1.21. The van der Waals surface area contributed by atoms with Gasteiger partial charge in [0, 0.05) is 24.2 Å². The number of anilines is 1. The lowest BCUT2D eigenvalue weighted by Crippen LogP contribution is -2.46. The van der Waals surface area contributed by atoms with Crippen LogP contribution in [0.4, 0.5) is 5.82 Å². The summed E-state index contributed by atoms with van der Waals surface area (Å²) in [4.78, 5) is 25.0. The van der Waals surface area contributed by atoms with Crippen LogP contribution in [0.5, 0.6) is 5.75 Å². The zero-order valence-corrected chi connectivity index (χ0v) is 19.2. The highest BCUT2D eigenvalue weighted by molar-refractivity contribution is 6.30. The number of benzene rings is 1. The Labute approximate surface area is 195 Å². The molecule has 33 heavy (non-hydrogen) atoms. The van der Waals surface area contributed by atoms with Gasteiger partial charge in [-0.05, 0) is 32.0 Å². The molecule has 12 heteroatoms. The Morgan fingerprint density at radius 2 is 2.15 bits per heavy atom. The fourth-order valence-electron chi connectivity index (χ4n) is 3.70. The van der Waals surface area contributed by atoms with Crippen LogP contribution in [0, 0.1) is 0 Å². The molecule has 4 atom stereocenters. The van der Waals surface area contributed by atoms with E-state index in [-0.39, 0.29) is 6.10 Å². The van der Waals surface area contributed by atoms with Crippen LogP contribution in [0.3, 0.4) is 0 Å². The Morgan fingerprint density at radius 3 is 2.88 bits per heavy atom. The number of ether oxygens (including phenoxy) is 2. The van der Waals surface area contributed by atoms with Crippen LogP contribution in [0.1, 0.15) is 25.6 Å². The number of aliphatic hydroxyl groups excluding tert-OH is 1. The van der Waals surface area contributed by atoms with Gasteiger partial charge in [-0.15, -0.1) is 0 Å². The maximum absolute atomic E-state index is 12.0. The van der Waals surface area contributed by atoms with Crippen molar-refractivity contribution in [1.29, 1.82) is 0 Å². The van der Waals surface area contributed by atoms with Crippen LogP contribution >= 0.6 is 11.6 Å². The van der Waals surface area contributed by atoms with E-state index in [1.807, 2.05) is 26.0 Å². The molecule has 176 valence electrons. The van der Waals surface area contributed by atoms with Gasteiger partial charge in [0.1, 0.15) is 18.2 Å². The summed E-state index contributed by atoms with van der Waals surface area (Å²) in [6, 6.07) is 4.53. The van der Waals surface area contributed by atoms with E-state index in [1.165, 1.54) is 19.7 Å². The molecular weight excluding hydrogens is 450 g/mol. The van der Waals surface area contributed by atoms with Gasteiger partial charge in [-0.2, -0.15) is 0 Å². The Bertz CT molecular complexity index is 1150. The maximum atomic E-state index is 12.0. The number of hydrogen-bond acceptors (Lipinski definition) is 9. The molecule has 0 saturated carbocycles. The van der Waals surface area contributed by atoms with Gasteiger partial charge >= 0.3 is 0 Å². The molecule has 11 nitrogen and oxygen atoms in total. The summed E-state index contributed by atoms with van der Waals surface area (Å²) in [6.45, 7) is 4.28. The molecule has 2 aromatic heterocycles. The van der Waals surface area contributed by atoms with Crippen LogP contribution < -0.4 is 21.1 Å². The molecule has 4 unspecified atom stereocenters. The molecule has 0 aliphatic carbocycles. The monoisotopic (exact) mass is 475 g/mol. The fraction of sp³-hybridized carbons (Fsp3) is 0.429. The number of nitrogens with one attached hydrogen (secondary N) is 2. The number of halogens is 1. The zero-order valence-electron chi connectivity index (χ0n) is 18.4. The lowest BCUT2D eigenvalue weighted by Gasteiger charge is -2.17. The van der Waals surface area contributed by atoms with E-state index in [0.717, 1.165) is 11.3 Å². The Morgan fingerprint density at radius 1 is 1.36 bits per heavy atom. The van der Waals surface area contributed by atoms with Gasteiger partial charge in [0.2, 0.25) is 0 Å². The van der Waals surface area contributed by atoms with Gasteiger partial charge in [0.05, 0.1) is 18.5 Å². The van der Waals surface area contributed by atoms with Gasteiger partial charge in [-0.1, -0.05) is 11.6 Å². The largest absolute Gasteiger partial charge is 0.491 e. The smallest absolute Gasteiger partial charge is 0.250 e. The molecule has 0 spiro atoms. The van der Waals surface area contributed by atoms with Gasteiger partial charge in [-0.3, -0.25) is 9.36 Å². The summed E-state index contributed by atoms with van der Waals surface area (Å²) in [5.74, 6) is 0.787. The lowest BCUT2D eigenvalue weighted by molar-refractivity contribution is -0.134. The van der Waals surface area contributed by atoms with E-state index in [0.29, 0.717) is 28.5 Å². The number of carbonyl (C=O) groups is 1. The summed E-state index contributed by atoms with van der Waals surface area (Å²) in [7, 11) is 1.48.